The van der Waals surface area contributed by atoms with Crippen molar-refractivity contribution in [3.05, 3.63) is 66.2 Å². The number of pyridine rings is 1. The number of ether oxygens (including phenoxy) is 4. The van der Waals surface area contributed by atoms with Crippen molar-refractivity contribution < 1.29 is 33.3 Å². The first-order valence-corrected chi connectivity index (χ1v) is 13.1. The summed E-state index contributed by atoms with van der Waals surface area (Å²) in [5, 5.41) is 6.06. The van der Waals surface area contributed by atoms with Gasteiger partial charge < -0.3 is 29.6 Å². The molecule has 1 unspecified atom stereocenters. The number of cyclic esters (lactones) is 1. The van der Waals surface area contributed by atoms with Gasteiger partial charge in [-0.25, -0.2) is 14.6 Å². The van der Waals surface area contributed by atoms with Crippen LogP contribution < -0.4 is 25.0 Å². The van der Waals surface area contributed by atoms with E-state index in [1.165, 1.54) is 4.90 Å². The van der Waals surface area contributed by atoms with Gasteiger partial charge in [0.1, 0.15) is 17.7 Å². The lowest BCUT2D eigenvalue weighted by molar-refractivity contribution is -0.145. The molecule has 208 valence electrons. The first-order chi connectivity index (χ1) is 19.5. The van der Waals surface area contributed by atoms with Crippen LogP contribution in [-0.4, -0.2) is 62.0 Å². The van der Waals surface area contributed by atoms with E-state index in [4.69, 9.17) is 18.9 Å². The van der Waals surface area contributed by atoms with Crippen molar-refractivity contribution in [3.63, 3.8) is 0 Å². The molecule has 0 radical (unpaired) electrons. The largest absolute Gasteiger partial charge is 0.482 e. The first-order valence-electron chi connectivity index (χ1n) is 13.1. The Morgan fingerprint density at radius 1 is 1.12 bits per heavy atom. The van der Waals surface area contributed by atoms with Crippen LogP contribution in [-0.2, 0) is 25.6 Å². The molecule has 2 aromatic carbocycles. The van der Waals surface area contributed by atoms with E-state index in [0.29, 0.717) is 55.8 Å². The second-order valence-corrected chi connectivity index (χ2v) is 9.26. The number of nitrogens with one attached hydrogen (secondary N) is 2. The van der Waals surface area contributed by atoms with Crippen LogP contribution in [0.2, 0.25) is 0 Å². The quantitative estimate of drug-likeness (QED) is 0.274. The molecule has 2 aliphatic heterocycles. The average molecular weight is 547 g/mol. The third kappa shape index (κ3) is 6.67. The number of amides is 2. The summed E-state index contributed by atoms with van der Waals surface area (Å²) in [6.45, 7) is 3.54. The topological polar surface area (TPSA) is 128 Å². The summed E-state index contributed by atoms with van der Waals surface area (Å²) in [6.07, 6.45) is -0.124. The zero-order valence-electron chi connectivity index (χ0n) is 22.1. The molecule has 1 fully saturated rings. The Hall–Kier alpha value is -4.64. The van der Waals surface area contributed by atoms with Gasteiger partial charge in [0.15, 0.2) is 24.8 Å². The van der Waals surface area contributed by atoms with Gasteiger partial charge in [0, 0.05) is 6.54 Å². The zero-order valence-corrected chi connectivity index (χ0v) is 22.1. The van der Waals surface area contributed by atoms with E-state index in [0.717, 1.165) is 16.7 Å². The van der Waals surface area contributed by atoms with E-state index in [9.17, 15) is 14.4 Å². The van der Waals surface area contributed by atoms with Crippen LogP contribution in [0, 0.1) is 0 Å². The Bertz CT molecular complexity index is 1400. The Balaban J connectivity index is 1.11. The van der Waals surface area contributed by atoms with Crippen molar-refractivity contribution in [2.45, 2.75) is 26.0 Å². The SMILES string of the molecule is CCOC(=O)COc1cccc(-c2cccc(CNCCC3CN(c4ccc5c(n4)NC(=O)CO5)C(=O)O3)c2)c1. The number of aromatic nitrogens is 1. The number of anilines is 2. The van der Waals surface area contributed by atoms with Crippen molar-refractivity contribution >= 4 is 29.6 Å². The molecule has 1 aromatic heterocycles. The number of hydrogen-bond donors (Lipinski definition) is 2. The van der Waals surface area contributed by atoms with Crippen molar-refractivity contribution in [3.8, 4) is 22.6 Å². The average Bonchev–Trinajstić information content (AvgIpc) is 3.34. The molecule has 2 amide bonds. The molecule has 0 spiro atoms. The minimum absolute atomic E-state index is 0.0557. The molecular weight excluding hydrogens is 516 g/mol. The number of rotatable bonds is 11. The summed E-state index contributed by atoms with van der Waals surface area (Å²) in [5.41, 5.74) is 3.10. The fourth-order valence-electron chi connectivity index (χ4n) is 4.43. The maximum absolute atomic E-state index is 12.5. The van der Waals surface area contributed by atoms with Gasteiger partial charge in [-0.05, 0) is 66.9 Å². The minimum atomic E-state index is -0.471. The van der Waals surface area contributed by atoms with Crippen LogP contribution in [0.15, 0.2) is 60.7 Å². The normalized spacial score (nSPS) is 16.0. The van der Waals surface area contributed by atoms with Gasteiger partial charge in [-0.15, -0.1) is 0 Å². The molecule has 5 rings (SSSR count). The second-order valence-electron chi connectivity index (χ2n) is 9.26. The zero-order chi connectivity index (χ0) is 27.9. The molecular formula is C29H30N4O7. The molecule has 3 aromatic rings. The van der Waals surface area contributed by atoms with E-state index < -0.39 is 12.1 Å². The Morgan fingerprint density at radius 3 is 2.80 bits per heavy atom. The van der Waals surface area contributed by atoms with Gasteiger partial charge in [0.2, 0.25) is 0 Å². The molecule has 2 N–H and O–H groups in total. The van der Waals surface area contributed by atoms with Gasteiger partial charge in [-0.3, -0.25) is 9.69 Å². The highest BCUT2D eigenvalue weighted by Crippen LogP contribution is 2.30. The van der Waals surface area contributed by atoms with E-state index in [-0.39, 0.29) is 25.2 Å². The van der Waals surface area contributed by atoms with Crippen molar-refractivity contribution in [2.75, 3.05) is 43.1 Å². The summed E-state index contributed by atoms with van der Waals surface area (Å²) < 4.78 is 21.3. The fourth-order valence-corrected chi connectivity index (χ4v) is 4.43. The molecule has 0 bridgehead atoms. The van der Waals surface area contributed by atoms with Gasteiger partial charge in [0.05, 0.1) is 13.2 Å². The van der Waals surface area contributed by atoms with Crippen LogP contribution >= 0.6 is 0 Å². The Morgan fingerprint density at radius 2 is 1.95 bits per heavy atom. The number of fused-ring (bicyclic) bond motifs is 1. The smallest absolute Gasteiger partial charge is 0.415 e. The first kappa shape index (κ1) is 26.9. The van der Waals surface area contributed by atoms with Crippen molar-refractivity contribution in [2.24, 2.45) is 0 Å². The highest BCUT2D eigenvalue weighted by molar-refractivity contribution is 5.95. The lowest BCUT2D eigenvalue weighted by Gasteiger charge is -2.19. The summed E-state index contributed by atoms with van der Waals surface area (Å²) in [6, 6.07) is 19.1. The molecule has 11 heteroatoms. The van der Waals surface area contributed by atoms with E-state index >= 15 is 0 Å². The molecule has 0 saturated carbocycles. The van der Waals surface area contributed by atoms with E-state index in [2.05, 4.69) is 21.7 Å². The summed E-state index contributed by atoms with van der Waals surface area (Å²) in [4.78, 5) is 41.4. The van der Waals surface area contributed by atoms with Crippen molar-refractivity contribution in [1.29, 1.82) is 0 Å². The monoisotopic (exact) mass is 546 g/mol. The molecule has 11 nitrogen and oxygen atoms in total. The van der Waals surface area contributed by atoms with Gasteiger partial charge in [0.25, 0.3) is 5.91 Å². The lowest BCUT2D eigenvalue weighted by atomic mass is 10.0. The van der Waals surface area contributed by atoms with Crippen LogP contribution in [0.5, 0.6) is 11.5 Å². The summed E-state index contributed by atoms with van der Waals surface area (Å²) in [5.74, 6) is 1.07. The molecule has 3 heterocycles. The molecule has 0 aliphatic carbocycles. The number of hydrogen-bond acceptors (Lipinski definition) is 9. The van der Waals surface area contributed by atoms with E-state index in [1.807, 2.05) is 36.4 Å². The van der Waals surface area contributed by atoms with Gasteiger partial charge >= 0.3 is 12.1 Å². The van der Waals surface area contributed by atoms with Crippen LogP contribution in [0.1, 0.15) is 18.9 Å². The summed E-state index contributed by atoms with van der Waals surface area (Å²) in [7, 11) is 0. The highest BCUT2D eigenvalue weighted by atomic mass is 16.6. The number of benzene rings is 2. The number of esters is 1. The van der Waals surface area contributed by atoms with E-state index in [1.54, 1.807) is 25.1 Å². The third-order valence-corrected chi connectivity index (χ3v) is 6.34. The second kappa shape index (κ2) is 12.5. The lowest BCUT2D eigenvalue weighted by Crippen LogP contribution is -2.29. The molecule has 1 atom stereocenters. The predicted molar refractivity (Wildman–Crippen MR) is 146 cm³/mol. The predicted octanol–water partition coefficient (Wildman–Crippen LogP) is 3.53. The van der Waals surface area contributed by atoms with Crippen LogP contribution in [0.4, 0.5) is 16.4 Å². The highest BCUT2D eigenvalue weighted by Gasteiger charge is 2.33. The number of nitrogens with zero attached hydrogens (tertiary/aromatic N) is 2. The Labute approximate surface area is 231 Å². The number of carbonyl (C=O) groups is 3. The standard InChI is InChI=1S/C29H30N4O7/c1-2-37-27(35)18-38-22-8-4-7-21(14-22)20-6-3-5-19(13-20)15-30-12-11-23-16-33(29(36)40-23)25-10-9-24-28(31-25)32-26(34)17-39-24/h3-10,13-14,23,30H,2,11-12,15-18H2,1H3,(H,31,32,34). The molecule has 1 saturated heterocycles. The minimum Gasteiger partial charge on any atom is -0.482 e. The third-order valence-electron chi connectivity index (χ3n) is 6.34. The van der Waals surface area contributed by atoms with Crippen LogP contribution in [0.3, 0.4) is 0 Å². The van der Waals surface area contributed by atoms with Gasteiger partial charge in [-0.1, -0.05) is 30.3 Å². The maximum atomic E-state index is 12.5. The maximum Gasteiger partial charge on any atom is 0.415 e. The Kier molecular flexibility index (Phi) is 8.41. The molecule has 2 aliphatic rings. The molecule has 40 heavy (non-hydrogen) atoms. The van der Waals surface area contributed by atoms with Crippen molar-refractivity contribution in [1.82, 2.24) is 10.3 Å². The number of carbonyl (C=O) groups excluding carboxylic acids is 3. The summed E-state index contributed by atoms with van der Waals surface area (Å²) >= 11 is 0. The van der Waals surface area contributed by atoms with Crippen LogP contribution in [0.25, 0.3) is 11.1 Å². The van der Waals surface area contributed by atoms with Gasteiger partial charge in [-0.2, -0.15) is 0 Å². The fraction of sp³-hybridized carbons (Fsp3) is 0.310.